The number of anilines is 1. The molecule has 0 saturated carbocycles. The number of hydrogen-bond acceptors (Lipinski definition) is 4. The average Bonchev–Trinajstić information content (AvgIpc) is 3.08. The highest BCUT2D eigenvalue weighted by atomic mass is 16.4. The number of furan rings is 1. The van der Waals surface area contributed by atoms with Gasteiger partial charge in [-0.1, -0.05) is 24.1 Å². The molecule has 2 heterocycles. The van der Waals surface area contributed by atoms with Crippen molar-refractivity contribution in [1.29, 1.82) is 0 Å². The molecular formula is C22H26N2O3. The van der Waals surface area contributed by atoms with E-state index in [9.17, 15) is 9.90 Å². The fourth-order valence-corrected chi connectivity index (χ4v) is 3.27. The Kier molecular flexibility index (Phi) is 5.29. The van der Waals surface area contributed by atoms with Crippen LogP contribution in [0.2, 0.25) is 0 Å². The molecule has 0 bridgehead atoms. The first kappa shape index (κ1) is 19.1. The van der Waals surface area contributed by atoms with Gasteiger partial charge in [-0.25, -0.2) is 0 Å². The Labute approximate surface area is 160 Å². The topological polar surface area (TPSA) is 56.9 Å². The summed E-state index contributed by atoms with van der Waals surface area (Å²) in [6, 6.07) is 11.7. The summed E-state index contributed by atoms with van der Waals surface area (Å²) >= 11 is 0. The molecule has 1 aliphatic heterocycles. The molecule has 0 aliphatic carbocycles. The molecule has 5 nitrogen and oxygen atoms in total. The molecule has 27 heavy (non-hydrogen) atoms. The summed E-state index contributed by atoms with van der Waals surface area (Å²) in [4.78, 5) is 17.0. The Hall–Kier alpha value is -2.71. The van der Waals surface area contributed by atoms with Gasteiger partial charge in [0.25, 0.3) is 5.91 Å². The van der Waals surface area contributed by atoms with E-state index in [1.807, 2.05) is 17.0 Å². The largest absolute Gasteiger partial charge is 0.443 e. The molecular weight excluding hydrogens is 340 g/mol. The molecule has 1 aromatic heterocycles. The predicted octanol–water partition coefficient (Wildman–Crippen LogP) is 3.06. The van der Waals surface area contributed by atoms with Crippen molar-refractivity contribution in [1.82, 2.24) is 4.90 Å². The molecule has 0 spiro atoms. The molecule has 1 aliphatic rings. The van der Waals surface area contributed by atoms with E-state index >= 15 is 0 Å². The van der Waals surface area contributed by atoms with Gasteiger partial charge in [-0.15, -0.1) is 0 Å². The lowest BCUT2D eigenvalue weighted by molar-refractivity contribution is 0.0641. The van der Waals surface area contributed by atoms with Gasteiger partial charge in [-0.05, 0) is 57.4 Å². The number of carbonyl (C=O) groups excluding carboxylic acids is 1. The smallest absolute Gasteiger partial charge is 0.289 e. The van der Waals surface area contributed by atoms with E-state index in [4.69, 9.17) is 4.42 Å². The summed E-state index contributed by atoms with van der Waals surface area (Å²) in [6.45, 7) is 9.57. The van der Waals surface area contributed by atoms with E-state index in [1.54, 1.807) is 26.0 Å². The summed E-state index contributed by atoms with van der Waals surface area (Å²) < 4.78 is 5.58. The maximum Gasteiger partial charge on any atom is 0.289 e. The molecule has 1 N–H and O–H groups in total. The first-order chi connectivity index (χ1) is 12.7. The Bertz CT molecular complexity index is 883. The van der Waals surface area contributed by atoms with Crippen molar-refractivity contribution >= 4 is 11.6 Å². The van der Waals surface area contributed by atoms with Crippen LogP contribution in [0, 0.1) is 18.8 Å². The van der Waals surface area contributed by atoms with Gasteiger partial charge in [-0.3, -0.25) is 4.79 Å². The Morgan fingerprint density at radius 2 is 1.96 bits per heavy atom. The lowest BCUT2D eigenvalue weighted by Gasteiger charge is -2.41. The van der Waals surface area contributed by atoms with Gasteiger partial charge in [0.1, 0.15) is 5.60 Å². The van der Waals surface area contributed by atoms with Crippen LogP contribution in [0.1, 0.15) is 42.6 Å². The Morgan fingerprint density at radius 3 is 2.63 bits per heavy atom. The van der Waals surface area contributed by atoms with Crippen LogP contribution in [0.4, 0.5) is 5.69 Å². The molecule has 2 aromatic rings. The number of rotatable bonds is 2. The summed E-state index contributed by atoms with van der Waals surface area (Å²) in [5, 5.41) is 9.68. The number of piperazine rings is 1. The quantitative estimate of drug-likeness (QED) is 0.830. The third-order valence-electron chi connectivity index (χ3n) is 4.65. The van der Waals surface area contributed by atoms with Crippen molar-refractivity contribution in [3.8, 4) is 11.8 Å². The van der Waals surface area contributed by atoms with E-state index in [0.29, 0.717) is 12.3 Å². The van der Waals surface area contributed by atoms with E-state index in [-0.39, 0.29) is 17.7 Å². The van der Waals surface area contributed by atoms with Crippen LogP contribution >= 0.6 is 0 Å². The minimum absolute atomic E-state index is 0.0712. The second kappa shape index (κ2) is 7.50. The highest BCUT2D eigenvalue weighted by Gasteiger charge is 2.30. The number of hydrogen-bond donors (Lipinski definition) is 1. The van der Waals surface area contributed by atoms with Crippen molar-refractivity contribution < 1.29 is 14.3 Å². The van der Waals surface area contributed by atoms with Gasteiger partial charge in [-0.2, -0.15) is 0 Å². The molecule has 1 atom stereocenters. The van der Waals surface area contributed by atoms with Crippen LogP contribution in [0.25, 0.3) is 0 Å². The van der Waals surface area contributed by atoms with Crippen LogP contribution in [-0.4, -0.2) is 47.2 Å². The van der Waals surface area contributed by atoms with E-state index in [2.05, 4.69) is 42.7 Å². The molecule has 0 radical (unpaired) electrons. The number of nitrogens with zero attached hydrogens (tertiary/aromatic N) is 2. The molecule has 1 fully saturated rings. The van der Waals surface area contributed by atoms with Gasteiger partial charge in [0.15, 0.2) is 11.5 Å². The minimum atomic E-state index is -1.10. The van der Waals surface area contributed by atoms with Crippen LogP contribution in [0.5, 0.6) is 0 Å². The maximum absolute atomic E-state index is 12.9. The lowest BCUT2D eigenvalue weighted by atomic mass is 10.1. The van der Waals surface area contributed by atoms with Gasteiger partial charge in [0, 0.05) is 31.4 Å². The highest BCUT2D eigenvalue weighted by molar-refractivity contribution is 5.92. The summed E-state index contributed by atoms with van der Waals surface area (Å²) in [5.41, 5.74) is 1.36. The summed E-state index contributed by atoms with van der Waals surface area (Å²) in [6.07, 6.45) is 0. The number of amides is 1. The minimum Gasteiger partial charge on any atom is -0.443 e. The molecule has 0 unspecified atom stereocenters. The zero-order chi connectivity index (χ0) is 19.6. The number of para-hydroxylation sites is 1. The second-order valence-corrected chi connectivity index (χ2v) is 7.55. The predicted molar refractivity (Wildman–Crippen MR) is 106 cm³/mol. The van der Waals surface area contributed by atoms with Crippen molar-refractivity contribution in [3.05, 3.63) is 53.5 Å². The molecule has 142 valence electrons. The fraction of sp³-hybridized carbons (Fsp3) is 0.409. The van der Waals surface area contributed by atoms with E-state index in [0.717, 1.165) is 13.1 Å². The molecule has 1 amide bonds. The van der Waals surface area contributed by atoms with Crippen LogP contribution in [-0.2, 0) is 0 Å². The zero-order valence-corrected chi connectivity index (χ0v) is 16.3. The van der Waals surface area contributed by atoms with Crippen molar-refractivity contribution in [3.63, 3.8) is 0 Å². The Morgan fingerprint density at radius 1 is 1.22 bits per heavy atom. The number of carbonyl (C=O) groups is 1. The Balaban J connectivity index is 1.69. The van der Waals surface area contributed by atoms with E-state index in [1.165, 1.54) is 11.3 Å². The first-order valence-electron chi connectivity index (χ1n) is 9.21. The van der Waals surface area contributed by atoms with Crippen LogP contribution in [0.15, 0.2) is 40.8 Å². The fourth-order valence-electron chi connectivity index (χ4n) is 3.27. The zero-order valence-electron chi connectivity index (χ0n) is 16.3. The van der Waals surface area contributed by atoms with Crippen LogP contribution in [0.3, 0.4) is 0 Å². The lowest BCUT2D eigenvalue weighted by Crippen LogP contribution is -2.54. The number of benzene rings is 1. The van der Waals surface area contributed by atoms with Crippen LogP contribution < -0.4 is 4.90 Å². The SMILES string of the molecule is Cc1ccccc1N1CCN(C(=O)c2ccc(C#CC(C)(C)O)o2)[C@H](C)C1. The van der Waals surface area contributed by atoms with Gasteiger partial charge in [0.05, 0.1) is 0 Å². The molecule has 1 aromatic carbocycles. The summed E-state index contributed by atoms with van der Waals surface area (Å²) in [7, 11) is 0. The monoisotopic (exact) mass is 366 g/mol. The molecule has 1 saturated heterocycles. The summed E-state index contributed by atoms with van der Waals surface area (Å²) in [5.74, 6) is 5.99. The average molecular weight is 366 g/mol. The van der Waals surface area contributed by atoms with E-state index < -0.39 is 5.60 Å². The highest BCUT2D eigenvalue weighted by Crippen LogP contribution is 2.24. The molecule has 5 heteroatoms. The first-order valence-corrected chi connectivity index (χ1v) is 9.21. The van der Waals surface area contributed by atoms with Gasteiger partial charge in [0.2, 0.25) is 0 Å². The number of aliphatic hydroxyl groups is 1. The standard InChI is InChI=1S/C22H26N2O3/c1-16-7-5-6-8-19(16)23-13-14-24(17(2)15-23)21(25)20-10-9-18(27-20)11-12-22(3,4)26/h5-10,17,26H,13-15H2,1-4H3/t17-/m1/s1. The number of aryl methyl sites for hydroxylation is 1. The van der Waals surface area contributed by atoms with Gasteiger partial charge < -0.3 is 19.3 Å². The normalized spacial score (nSPS) is 17.4. The third-order valence-corrected chi connectivity index (χ3v) is 4.65. The molecule has 3 rings (SSSR count). The van der Waals surface area contributed by atoms with Crippen molar-refractivity contribution in [2.75, 3.05) is 24.5 Å². The second-order valence-electron chi connectivity index (χ2n) is 7.55. The van der Waals surface area contributed by atoms with Crippen molar-refractivity contribution in [2.45, 2.75) is 39.3 Å². The third kappa shape index (κ3) is 4.53. The van der Waals surface area contributed by atoms with Gasteiger partial charge >= 0.3 is 0 Å². The maximum atomic E-state index is 12.9. The van der Waals surface area contributed by atoms with Crippen molar-refractivity contribution in [2.24, 2.45) is 0 Å².